The molecule has 0 saturated carbocycles. The number of aliphatic hydroxyl groups is 1. The van der Waals surface area contributed by atoms with Gasteiger partial charge in [0.25, 0.3) is 0 Å². The van der Waals surface area contributed by atoms with E-state index in [0.29, 0.717) is 6.42 Å². The zero-order valence-corrected chi connectivity index (χ0v) is 17.0. The Hall–Kier alpha value is -1.35. The lowest BCUT2D eigenvalue weighted by Crippen LogP contribution is -2.14. The van der Waals surface area contributed by atoms with E-state index in [-0.39, 0.29) is 12.4 Å². The molecule has 0 aliphatic rings. The van der Waals surface area contributed by atoms with Crippen LogP contribution in [0.4, 0.5) is 0 Å². The molecule has 0 spiro atoms. The first-order valence-corrected chi connectivity index (χ1v) is 10.4. The maximum absolute atomic E-state index is 11.0. The highest BCUT2D eigenvalue weighted by atomic mass is 16.5. The summed E-state index contributed by atoms with van der Waals surface area (Å²) in [7, 11) is 1.36. The van der Waals surface area contributed by atoms with E-state index in [4.69, 9.17) is 0 Å². The van der Waals surface area contributed by atoms with Crippen molar-refractivity contribution in [3.05, 3.63) is 36.5 Å². The topological polar surface area (TPSA) is 46.5 Å². The predicted octanol–water partition coefficient (Wildman–Crippen LogP) is 6.28. The van der Waals surface area contributed by atoms with E-state index in [2.05, 4.69) is 48.1 Å². The van der Waals surface area contributed by atoms with Gasteiger partial charge in [-0.15, -0.1) is 0 Å². The van der Waals surface area contributed by atoms with Crippen LogP contribution in [0.3, 0.4) is 0 Å². The van der Waals surface area contributed by atoms with Gasteiger partial charge in [0.1, 0.15) is 0 Å². The smallest absolute Gasteiger partial charge is 0.308 e. The van der Waals surface area contributed by atoms with Gasteiger partial charge in [-0.1, -0.05) is 81.9 Å². The molecule has 0 amide bonds. The Bertz CT molecular complexity index is 396. The van der Waals surface area contributed by atoms with E-state index >= 15 is 0 Å². The highest BCUT2D eigenvalue weighted by molar-refractivity contribution is 5.69. The molecule has 0 aromatic heterocycles. The molecule has 0 heterocycles. The summed E-state index contributed by atoms with van der Waals surface area (Å²) in [6.07, 6.45) is 26.6. The van der Waals surface area contributed by atoms with Crippen molar-refractivity contribution in [3.8, 4) is 0 Å². The molecule has 0 saturated heterocycles. The number of hydrogen-bond acceptors (Lipinski definition) is 3. The number of aliphatic hydroxyl groups excluding tert-OH is 1. The molecule has 3 heteroatoms. The van der Waals surface area contributed by atoms with Gasteiger partial charge in [-0.2, -0.15) is 0 Å². The first kappa shape index (κ1) is 24.7. The normalized spacial score (nSPS) is 13.2. The van der Waals surface area contributed by atoms with Crippen molar-refractivity contribution in [2.24, 2.45) is 0 Å². The number of hydrogen-bond donors (Lipinski definition) is 1. The summed E-state index contributed by atoms with van der Waals surface area (Å²) in [5.74, 6) is -0.327. The standard InChI is InChI=1S/C23H40O3/c1-3-4-5-6-7-8-9-10-11-12-13-14-15-16-17-18-19-20-22(24)21-23(25)26-2/h4-5,7-8,10-11,22,24H,3,6,9,12-21H2,1-2H3/b5-4+,8-7+,11-10+. The average molecular weight is 365 g/mol. The maximum atomic E-state index is 11.0. The van der Waals surface area contributed by atoms with Crippen LogP contribution in [0.2, 0.25) is 0 Å². The van der Waals surface area contributed by atoms with Crippen LogP contribution in [-0.2, 0) is 9.53 Å². The van der Waals surface area contributed by atoms with Crippen LogP contribution in [0.1, 0.15) is 90.4 Å². The summed E-state index contributed by atoms with van der Waals surface area (Å²) in [6.45, 7) is 2.16. The molecule has 0 radical (unpaired) electrons. The van der Waals surface area contributed by atoms with Gasteiger partial charge in [-0.25, -0.2) is 0 Å². The second-order valence-electron chi connectivity index (χ2n) is 6.78. The van der Waals surface area contributed by atoms with Gasteiger partial charge >= 0.3 is 5.97 Å². The Kier molecular flexibility index (Phi) is 18.9. The van der Waals surface area contributed by atoms with Crippen molar-refractivity contribution in [3.63, 3.8) is 0 Å². The fraction of sp³-hybridized carbons (Fsp3) is 0.696. The second kappa shape index (κ2) is 20.0. The molecule has 0 aliphatic heterocycles. The molecule has 0 rings (SSSR count). The summed E-state index contributed by atoms with van der Waals surface area (Å²) < 4.78 is 4.55. The van der Waals surface area contributed by atoms with Crippen molar-refractivity contribution in [2.75, 3.05) is 7.11 Å². The summed E-state index contributed by atoms with van der Waals surface area (Å²) in [4.78, 5) is 11.0. The molecular formula is C23H40O3. The summed E-state index contributed by atoms with van der Waals surface area (Å²) >= 11 is 0. The zero-order valence-electron chi connectivity index (χ0n) is 17.0. The number of rotatable bonds is 17. The molecule has 1 N–H and O–H groups in total. The Morgan fingerprint density at radius 3 is 2.00 bits per heavy atom. The van der Waals surface area contributed by atoms with Crippen LogP contribution in [0.25, 0.3) is 0 Å². The SMILES string of the molecule is CC/C=C/C/C=C/C/C=C/CCCCCCCCCC(O)CC(=O)OC. The molecule has 0 aliphatic carbocycles. The van der Waals surface area contributed by atoms with Crippen LogP contribution in [0.15, 0.2) is 36.5 Å². The maximum Gasteiger partial charge on any atom is 0.308 e. The molecule has 0 bridgehead atoms. The molecule has 3 nitrogen and oxygen atoms in total. The first-order chi connectivity index (χ1) is 12.7. The Morgan fingerprint density at radius 2 is 1.38 bits per heavy atom. The molecule has 26 heavy (non-hydrogen) atoms. The summed E-state index contributed by atoms with van der Waals surface area (Å²) in [5.41, 5.74) is 0. The van der Waals surface area contributed by atoms with E-state index in [1.807, 2.05) is 0 Å². The molecule has 150 valence electrons. The molecular weight excluding hydrogens is 324 g/mol. The highest BCUT2D eigenvalue weighted by Crippen LogP contribution is 2.12. The quantitative estimate of drug-likeness (QED) is 0.188. The Labute approximate surface area is 161 Å². The first-order valence-electron chi connectivity index (χ1n) is 10.4. The van der Waals surface area contributed by atoms with E-state index in [1.54, 1.807) is 0 Å². The monoisotopic (exact) mass is 364 g/mol. The van der Waals surface area contributed by atoms with Crippen LogP contribution in [0.5, 0.6) is 0 Å². The number of methoxy groups -OCH3 is 1. The van der Waals surface area contributed by atoms with E-state index in [0.717, 1.165) is 32.1 Å². The third kappa shape index (κ3) is 19.0. The second-order valence-corrected chi connectivity index (χ2v) is 6.78. The predicted molar refractivity (Wildman–Crippen MR) is 111 cm³/mol. The fourth-order valence-corrected chi connectivity index (χ4v) is 2.73. The zero-order chi connectivity index (χ0) is 19.3. The number of esters is 1. The number of allylic oxidation sites excluding steroid dienone is 6. The summed E-state index contributed by atoms with van der Waals surface area (Å²) in [6, 6.07) is 0. The van der Waals surface area contributed by atoms with Gasteiger partial charge in [-0.05, 0) is 38.5 Å². The third-order valence-electron chi connectivity index (χ3n) is 4.32. The largest absolute Gasteiger partial charge is 0.469 e. The van der Waals surface area contributed by atoms with Crippen molar-refractivity contribution in [1.82, 2.24) is 0 Å². The highest BCUT2D eigenvalue weighted by Gasteiger charge is 2.09. The van der Waals surface area contributed by atoms with E-state index in [9.17, 15) is 9.90 Å². The van der Waals surface area contributed by atoms with Gasteiger partial charge in [0, 0.05) is 0 Å². The third-order valence-corrected chi connectivity index (χ3v) is 4.32. The van der Waals surface area contributed by atoms with Crippen LogP contribution in [-0.4, -0.2) is 24.3 Å². The van der Waals surface area contributed by atoms with Crippen LogP contribution >= 0.6 is 0 Å². The van der Waals surface area contributed by atoms with Crippen molar-refractivity contribution < 1.29 is 14.6 Å². The van der Waals surface area contributed by atoms with Gasteiger partial charge in [0.05, 0.1) is 19.6 Å². The van der Waals surface area contributed by atoms with Crippen molar-refractivity contribution in [2.45, 2.75) is 96.5 Å². The number of carbonyl (C=O) groups is 1. The average Bonchev–Trinajstić information content (AvgIpc) is 2.64. The van der Waals surface area contributed by atoms with Gasteiger partial charge in [0.15, 0.2) is 0 Å². The number of ether oxygens (including phenoxy) is 1. The minimum Gasteiger partial charge on any atom is -0.469 e. The molecule has 0 aromatic rings. The van der Waals surface area contributed by atoms with Crippen LogP contribution < -0.4 is 0 Å². The number of unbranched alkanes of at least 4 members (excludes halogenated alkanes) is 7. The lowest BCUT2D eigenvalue weighted by atomic mass is 10.0. The minimum atomic E-state index is -0.545. The Morgan fingerprint density at radius 1 is 0.846 bits per heavy atom. The van der Waals surface area contributed by atoms with Gasteiger partial charge < -0.3 is 9.84 Å². The molecule has 1 atom stereocenters. The lowest BCUT2D eigenvalue weighted by Gasteiger charge is -2.08. The summed E-state index contributed by atoms with van der Waals surface area (Å²) in [5, 5.41) is 9.66. The fourth-order valence-electron chi connectivity index (χ4n) is 2.73. The minimum absolute atomic E-state index is 0.121. The Balaban J connectivity index is 3.29. The molecule has 0 aromatic carbocycles. The van der Waals surface area contributed by atoms with E-state index < -0.39 is 6.10 Å². The molecule has 0 fully saturated rings. The van der Waals surface area contributed by atoms with Gasteiger partial charge in [0.2, 0.25) is 0 Å². The lowest BCUT2D eigenvalue weighted by molar-refractivity contribution is -0.142. The van der Waals surface area contributed by atoms with Crippen LogP contribution in [0, 0.1) is 0 Å². The van der Waals surface area contributed by atoms with E-state index in [1.165, 1.54) is 45.6 Å². The van der Waals surface area contributed by atoms with Gasteiger partial charge in [-0.3, -0.25) is 4.79 Å². The number of carbonyl (C=O) groups excluding carboxylic acids is 1. The van der Waals surface area contributed by atoms with Crippen molar-refractivity contribution in [1.29, 1.82) is 0 Å². The van der Waals surface area contributed by atoms with Crippen molar-refractivity contribution >= 4 is 5.97 Å². The molecule has 1 unspecified atom stereocenters.